The standard InChI is InChI=1S/C24H26N6O3/c1-15-3-4-16(11-25-15)19-5-6-20-22(27-19)23-17(12-26-20)13-28(2)24(33)30(23)18-7-9-29(10-8-18)21(32)14-31/h3-6,11-12,18,31H,7-10,13-14H2,1-2H3. The maximum atomic E-state index is 13.4. The summed E-state index contributed by atoms with van der Waals surface area (Å²) in [4.78, 5) is 44.4. The molecule has 0 saturated carbocycles. The number of piperidine rings is 1. The van der Waals surface area contributed by atoms with Gasteiger partial charge in [-0.25, -0.2) is 9.78 Å². The SMILES string of the molecule is Cc1ccc(-c2ccc3ncc4c(c3n2)N(C2CCN(C(=O)CO)CC2)C(=O)N(C)C4)cn1. The first-order valence-electron chi connectivity index (χ1n) is 11.1. The number of carbonyl (C=O) groups excluding carboxylic acids is 2. The topological polar surface area (TPSA) is 103 Å². The third-order valence-corrected chi connectivity index (χ3v) is 6.47. The highest BCUT2D eigenvalue weighted by atomic mass is 16.3. The molecule has 33 heavy (non-hydrogen) atoms. The van der Waals surface area contributed by atoms with Gasteiger partial charge in [0.05, 0.1) is 23.4 Å². The maximum absolute atomic E-state index is 13.4. The Balaban J connectivity index is 1.58. The molecule has 0 aliphatic carbocycles. The van der Waals surface area contributed by atoms with E-state index >= 15 is 0 Å². The van der Waals surface area contributed by atoms with Gasteiger partial charge in [0.1, 0.15) is 12.1 Å². The average molecular weight is 447 g/mol. The minimum atomic E-state index is -0.490. The lowest BCUT2D eigenvalue weighted by molar-refractivity contribution is -0.135. The lowest BCUT2D eigenvalue weighted by atomic mass is 9.99. The number of urea groups is 1. The summed E-state index contributed by atoms with van der Waals surface area (Å²) >= 11 is 0. The molecule has 170 valence electrons. The highest BCUT2D eigenvalue weighted by molar-refractivity contribution is 6.04. The van der Waals surface area contributed by atoms with Crippen LogP contribution in [0, 0.1) is 6.92 Å². The zero-order valence-electron chi connectivity index (χ0n) is 18.7. The number of amides is 3. The molecule has 9 heteroatoms. The molecular weight excluding hydrogens is 420 g/mol. The van der Waals surface area contributed by atoms with Gasteiger partial charge in [0.25, 0.3) is 0 Å². The average Bonchev–Trinajstić information content (AvgIpc) is 2.84. The summed E-state index contributed by atoms with van der Waals surface area (Å²) in [5.41, 5.74) is 5.79. The van der Waals surface area contributed by atoms with Crippen LogP contribution in [0.25, 0.3) is 22.3 Å². The van der Waals surface area contributed by atoms with Crippen molar-refractivity contribution < 1.29 is 14.7 Å². The number of nitrogens with zero attached hydrogens (tertiary/aromatic N) is 6. The van der Waals surface area contributed by atoms with E-state index in [1.165, 1.54) is 0 Å². The summed E-state index contributed by atoms with van der Waals surface area (Å²) in [6.07, 6.45) is 4.90. The summed E-state index contributed by atoms with van der Waals surface area (Å²) in [5, 5.41) is 9.18. The Morgan fingerprint density at radius 1 is 1.12 bits per heavy atom. The van der Waals surface area contributed by atoms with Crippen LogP contribution in [0.1, 0.15) is 24.1 Å². The van der Waals surface area contributed by atoms with Crippen LogP contribution < -0.4 is 4.90 Å². The molecule has 3 amide bonds. The molecule has 0 aromatic carbocycles. The van der Waals surface area contributed by atoms with Crippen molar-refractivity contribution in [2.24, 2.45) is 0 Å². The number of carbonyl (C=O) groups is 2. The Morgan fingerprint density at radius 3 is 2.61 bits per heavy atom. The van der Waals surface area contributed by atoms with Crippen LogP contribution in [0.2, 0.25) is 0 Å². The molecule has 3 aromatic heterocycles. The molecule has 0 radical (unpaired) electrons. The van der Waals surface area contributed by atoms with Crippen LogP contribution >= 0.6 is 0 Å². The van der Waals surface area contributed by atoms with Crippen LogP contribution in [-0.2, 0) is 11.3 Å². The van der Waals surface area contributed by atoms with Crippen LogP contribution in [0.5, 0.6) is 0 Å². The Bertz CT molecular complexity index is 1220. The summed E-state index contributed by atoms with van der Waals surface area (Å²) in [7, 11) is 1.79. The minimum absolute atomic E-state index is 0.0705. The fourth-order valence-electron chi connectivity index (χ4n) is 4.67. The van der Waals surface area contributed by atoms with Crippen molar-refractivity contribution >= 4 is 28.7 Å². The fraction of sp³-hybridized carbons (Fsp3) is 0.375. The van der Waals surface area contributed by atoms with E-state index in [1.807, 2.05) is 42.3 Å². The molecule has 1 fully saturated rings. The first kappa shape index (κ1) is 21.3. The molecule has 1 N–H and O–H groups in total. The van der Waals surface area contributed by atoms with Gasteiger partial charge in [0.15, 0.2) is 0 Å². The largest absolute Gasteiger partial charge is 0.387 e. The van der Waals surface area contributed by atoms with E-state index in [9.17, 15) is 14.7 Å². The highest BCUT2D eigenvalue weighted by Gasteiger charge is 2.37. The third kappa shape index (κ3) is 3.78. The molecular formula is C24H26N6O3. The van der Waals surface area contributed by atoms with Crippen LogP contribution in [0.3, 0.4) is 0 Å². The number of aliphatic hydroxyl groups excluding tert-OH is 1. The van der Waals surface area contributed by atoms with E-state index in [2.05, 4.69) is 9.97 Å². The Hall–Kier alpha value is -3.59. The van der Waals surface area contributed by atoms with Gasteiger partial charge in [-0.1, -0.05) is 0 Å². The summed E-state index contributed by atoms with van der Waals surface area (Å²) in [6, 6.07) is 7.65. The normalized spacial score (nSPS) is 16.9. The summed E-state index contributed by atoms with van der Waals surface area (Å²) < 4.78 is 0. The van der Waals surface area contributed by atoms with Crippen molar-refractivity contribution in [1.82, 2.24) is 24.8 Å². The van der Waals surface area contributed by atoms with Gasteiger partial charge >= 0.3 is 6.03 Å². The predicted molar refractivity (Wildman–Crippen MR) is 124 cm³/mol. The fourth-order valence-corrected chi connectivity index (χ4v) is 4.67. The molecule has 1 saturated heterocycles. The second-order valence-corrected chi connectivity index (χ2v) is 8.66. The predicted octanol–water partition coefficient (Wildman–Crippen LogP) is 2.36. The smallest absolute Gasteiger partial charge is 0.324 e. The number of aryl methyl sites for hydroxylation is 1. The first-order chi connectivity index (χ1) is 16.0. The number of fused-ring (bicyclic) bond motifs is 3. The van der Waals surface area contributed by atoms with Gasteiger partial charge in [0, 0.05) is 55.4 Å². The number of aliphatic hydroxyl groups is 1. The van der Waals surface area contributed by atoms with Crippen molar-refractivity contribution in [2.75, 3.05) is 31.6 Å². The van der Waals surface area contributed by atoms with Gasteiger partial charge in [-0.3, -0.25) is 19.7 Å². The number of hydrogen-bond acceptors (Lipinski definition) is 6. The van der Waals surface area contributed by atoms with Crippen molar-refractivity contribution in [1.29, 1.82) is 0 Å². The molecule has 0 spiro atoms. The third-order valence-electron chi connectivity index (χ3n) is 6.47. The van der Waals surface area contributed by atoms with Crippen LogP contribution in [-0.4, -0.2) is 74.6 Å². The first-order valence-corrected chi connectivity index (χ1v) is 11.1. The molecule has 5 heterocycles. The number of hydrogen-bond donors (Lipinski definition) is 1. The second-order valence-electron chi connectivity index (χ2n) is 8.66. The van der Waals surface area contributed by atoms with E-state index in [4.69, 9.17) is 4.98 Å². The lowest BCUT2D eigenvalue weighted by Crippen LogP contribution is -2.54. The lowest BCUT2D eigenvalue weighted by Gasteiger charge is -2.43. The Labute approximate surface area is 191 Å². The van der Waals surface area contributed by atoms with Gasteiger partial charge in [-0.15, -0.1) is 0 Å². The summed E-state index contributed by atoms with van der Waals surface area (Å²) in [5.74, 6) is -0.274. The molecule has 0 bridgehead atoms. The quantitative estimate of drug-likeness (QED) is 0.663. The number of pyridine rings is 3. The van der Waals surface area contributed by atoms with Crippen molar-refractivity contribution in [2.45, 2.75) is 32.4 Å². The molecule has 0 atom stereocenters. The number of likely N-dealkylation sites (tertiary alicyclic amines) is 1. The molecule has 2 aliphatic rings. The zero-order chi connectivity index (χ0) is 23.1. The molecule has 9 nitrogen and oxygen atoms in total. The van der Waals surface area contributed by atoms with Crippen LogP contribution in [0.4, 0.5) is 10.5 Å². The molecule has 3 aromatic rings. The molecule has 0 unspecified atom stereocenters. The van der Waals surface area contributed by atoms with Gasteiger partial charge in [-0.05, 0) is 44.0 Å². The van der Waals surface area contributed by atoms with E-state index in [0.717, 1.165) is 33.7 Å². The van der Waals surface area contributed by atoms with Crippen molar-refractivity contribution in [3.05, 3.63) is 47.9 Å². The van der Waals surface area contributed by atoms with Crippen LogP contribution in [0.15, 0.2) is 36.7 Å². The molecule has 2 aliphatic heterocycles. The maximum Gasteiger partial charge on any atom is 0.324 e. The summed E-state index contributed by atoms with van der Waals surface area (Å²) in [6.45, 7) is 2.92. The number of anilines is 1. The number of aromatic nitrogens is 3. The minimum Gasteiger partial charge on any atom is -0.387 e. The van der Waals surface area contributed by atoms with E-state index in [-0.39, 0.29) is 18.0 Å². The molecule has 5 rings (SSSR count). The Kier molecular flexibility index (Phi) is 5.41. The monoisotopic (exact) mass is 446 g/mol. The van der Waals surface area contributed by atoms with E-state index in [1.54, 1.807) is 23.0 Å². The second kappa shape index (κ2) is 8.40. The highest BCUT2D eigenvalue weighted by Crippen LogP contribution is 2.37. The van der Waals surface area contributed by atoms with Gasteiger partial charge in [0.2, 0.25) is 5.91 Å². The Morgan fingerprint density at radius 2 is 1.91 bits per heavy atom. The van der Waals surface area contributed by atoms with Gasteiger partial charge in [-0.2, -0.15) is 0 Å². The van der Waals surface area contributed by atoms with Crippen molar-refractivity contribution in [3.8, 4) is 11.3 Å². The van der Waals surface area contributed by atoms with E-state index in [0.29, 0.717) is 38.0 Å². The van der Waals surface area contributed by atoms with E-state index < -0.39 is 6.61 Å². The number of rotatable bonds is 3. The van der Waals surface area contributed by atoms with Crippen molar-refractivity contribution in [3.63, 3.8) is 0 Å². The van der Waals surface area contributed by atoms with Gasteiger partial charge < -0.3 is 14.9 Å². The zero-order valence-corrected chi connectivity index (χ0v) is 18.7.